The Bertz CT molecular complexity index is 1130. The number of carbonyl (C=O) groups is 2. The minimum Gasteiger partial charge on any atom is -0.492 e. The van der Waals surface area contributed by atoms with Crippen LogP contribution in [-0.4, -0.2) is 24.5 Å². The minimum absolute atomic E-state index is 0.00964. The Balaban J connectivity index is 1.34. The van der Waals surface area contributed by atoms with E-state index in [0.717, 1.165) is 29.7 Å². The molecule has 5 heteroatoms. The summed E-state index contributed by atoms with van der Waals surface area (Å²) in [6, 6.07) is 23.5. The molecule has 0 radical (unpaired) electrons. The van der Waals surface area contributed by atoms with Crippen LogP contribution in [0.15, 0.2) is 72.8 Å². The van der Waals surface area contributed by atoms with Gasteiger partial charge in [-0.05, 0) is 74.6 Å². The lowest BCUT2D eigenvalue weighted by Crippen LogP contribution is -2.41. The van der Waals surface area contributed by atoms with Crippen LogP contribution in [0.5, 0.6) is 5.75 Å². The molecule has 2 atom stereocenters. The molecule has 170 valence electrons. The molecule has 0 saturated heterocycles. The van der Waals surface area contributed by atoms with Crippen molar-refractivity contribution >= 4 is 17.5 Å². The van der Waals surface area contributed by atoms with Gasteiger partial charge in [0, 0.05) is 17.3 Å². The van der Waals surface area contributed by atoms with Crippen molar-refractivity contribution < 1.29 is 14.3 Å². The molecule has 0 saturated carbocycles. The van der Waals surface area contributed by atoms with E-state index in [9.17, 15) is 9.59 Å². The number of hydrogen-bond acceptors (Lipinski definition) is 3. The van der Waals surface area contributed by atoms with Gasteiger partial charge in [-0.3, -0.25) is 9.59 Å². The molecule has 1 aliphatic rings. The third kappa shape index (κ3) is 6.01. The fourth-order valence-electron chi connectivity index (χ4n) is 4.09. The predicted octanol–water partition coefficient (Wildman–Crippen LogP) is 4.94. The van der Waals surface area contributed by atoms with Crippen molar-refractivity contribution in [3.8, 4) is 5.75 Å². The zero-order valence-electron chi connectivity index (χ0n) is 19.1. The average Bonchev–Trinajstić information content (AvgIpc) is 2.83. The minimum atomic E-state index is -0.251. The topological polar surface area (TPSA) is 67.4 Å². The second-order valence-electron chi connectivity index (χ2n) is 8.79. The lowest BCUT2D eigenvalue weighted by Gasteiger charge is -2.26. The first kappa shape index (κ1) is 22.6. The van der Waals surface area contributed by atoms with Gasteiger partial charge >= 0.3 is 0 Å². The second kappa shape index (κ2) is 10.3. The number of hydrogen-bond donors (Lipinski definition) is 2. The highest BCUT2D eigenvalue weighted by atomic mass is 16.5. The van der Waals surface area contributed by atoms with Crippen LogP contribution < -0.4 is 15.4 Å². The summed E-state index contributed by atoms with van der Waals surface area (Å²) < 4.78 is 5.85. The summed E-state index contributed by atoms with van der Waals surface area (Å²) >= 11 is 0. The highest BCUT2D eigenvalue weighted by molar-refractivity contribution is 6.04. The molecule has 2 N–H and O–H groups in total. The van der Waals surface area contributed by atoms with Crippen LogP contribution in [0, 0.1) is 12.8 Å². The first-order chi connectivity index (χ1) is 16.0. The van der Waals surface area contributed by atoms with Gasteiger partial charge in [0.25, 0.3) is 5.91 Å². The van der Waals surface area contributed by atoms with Crippen LogP contribution >= 0.6 is 0 Å². The van der Waals surface area contributed by atoms with E-state index in [1.807, 2.05) is 68.4 Å². The standard InChI is InChI=1S/C28H30N2O3/c1-19-7-6-10-22(15-19)27(31)30-25-13-14-26-23(17-25)16-24(18-33-26)28(32)29-20(2)11-12-21-8-4-3-5-9-21/h3-10,13-15,17,20,24H,11-12,16,18H2,1-2H3,(H,29,32)(H,30,31). The molecular formula is C28H30N2O3. The van der Waals surface area contributed by atoms with E-state index in [1.54, 1.807) is 6.07 Å². The number of carbonyl (C=O) groups excluding carboxylic acids is 2. The van der Waals surface area contributed by atoms with E-state index < -0.39 is 0 Å². The first-order valence-corrected chi connectivity index (χ1v) is 11.5. The third-order valence-corrected chi connectivity index (χ3v) is 5.97. The predicted molar refractivity (Wildman–Crippen MR) is 131 cm³/mol. The van der Waals surface area contributed by atoms with Crippen LogP contribution in [0.2, 0.25) is 0 Å². The Morgan fingerprint density at radius 1 is 1.03 bits per heavy atom. The zero-order valence-corrected chi connectivity index (χ0v) is 19.1. The third-order valence-electron chi connectivity index (χ3n) is 5.97. The summed E-state index contributed by atoms with van der Waals surface area (Å²) in [6.07, 6.45) is 2.39. The molecule has 0 fully saturated rings. The van der Waals surface area contributed by atoms with Gasteiger partial charge < -0.3 is 15.4 Å². The van der Waals surface area contributed by atoms with Crippen molar-refractivity contribution in [2.75, 3.05) is 11.9 Å². The molecular weight excluding hydrogens is 412 g/mol. The van der Waals surface area contributed by atoms with Crippen LogP contribution in [0.25, 0.3) is 0 Å². The Morgan fingerprint density at radius 2 is 1.85 bits per heavy atom. The summed E-state index contributed by atoms with van der Waals surface area (Å²) in [5, 5.41) is 6.08. The van der Waals surface area contributed by atoms with Gasteiger partial charge in [-0.25, -0.2) is 0 Å². The highest BCUT2D eigenvalue weighted by Gasteiger charge is 2.27. The summed E-state index contributed by atoms with van der Waals surface area (Å²) in [6.45, 7) is 4.36. The van der Waals surface area contributed by atoms with Crippen molar-refractivity contribution in [2.45, 2.75) is 39.2 Å². The highest BCUT2D eigenvalue weighted by Crippen LogP contribution is 2.30. The van der Waals surface area contributed by atoms with E-state index in [1.165, 1.54) is 5.56 Å². The molecule has 5 nitrogen and oxygen atoms in total. The van der Waals surface area contributed by atoms with Gasteiger partial charge in [0.05, 0.1) is 5.92 Å². The maximum atomic E-state index is 12.8. The molecule has 33 heavy (non-hydrogen) atoms. The number of rotatable bonds is 7. The summed E-state index contributed by atoms with van der Waals surface area (Å²) in [5.74, 6) is 0.372. The number of aryl methyl sites for hydroxylation is 2. The Labute approximate surface area is 195 Å². The van der Waals surface area contributed by atoms with E-state index >= 15 is 0 Å². The van der Waals surface area contributed by atoms with Crippen LogP contribution in [0.1, 0.15) is 40.4 Å². The summed E-state index contributed by atoms with van der Waals surface area (Å²) in [4.78, 5) is 25.4. The Morgan fingerprint density at radius 3 is 2.64 bits per heavy atom. The molecule has 3 aromatic carbocycles. The van der Waals surface area contributed by atoms with E-state index in [-0.39, 0.29) is 23.8 Å². The molecule has 2 amide bonds. The van der Waals surface area contributed by atoms with Crippen LogP contribution in [0.3, 0.4) is 0 Å². The average molecular weight is 443 g/mol. The van der Waals surface area contributed by atoms with Crippen molar-refractivity contribution in [1.82, 2.24) is 5.32 Å². The van der Waals surface area contributed by atoms with Crippen molar-refractivity contribution in [2.24, 2.45) is 5.92 Å². The van der Waals surface area contributed by atoms with Gasteiger partial charge in [0.2, 0.25) is 5.91 Å². The molecule has 0 bridgehead atoms. The molecule has 3 aromatic rings. The van der Waals surface area contributed by atoms with Crippen molar-refractivity contribution in [1.29, 1.82) is 0 Å². The van der Waals surface area contributed by atoms with E-state index in [0.29, 0.717) is 24.3 Å². The van der Waals surface area contributed by atoms with Gasteiger partial charge in [-0.1, -0.05) is 48.0 Å². The number of nitrogens with one attached hydrogen (secondary N) is 2. The number of amides is 2. The summed E-state index contributed by atoms with van der Waals surface area (Å²) in [5.41, 5.74) is 4.55. The maximum absolute atomic E-state index is 12.8. The SMILES string of the molecule is Cc1cccc(C(=O)Nc2ccc3c(c2)CC(C(=O)NC(C)CCc2ccccc2)CO3)c1. The van der Waals surface area contributed by atoms with Crippen molar-refractivity contribution in [3.63, 3.8) is 0 Å². The molecule has 4 rings (SSSR count). The number of benzene rings is 3. The van der Waals surface area contributed by atoms with Gasteiger partial charge in [-0.2, -0.15) is 0 Å². The molecule has 1 aliphatic heterocycles. The molecule has 0 aromatic heterocycles. The van der Waals surface area contributed by atoms with Gasteiger partial charge in [-0.15, -0.1) is 0 Å². The molecule has 1 heterocycles. The first-order valence-electron chi connectivity index (χ1n) is 11.5. The zero-order chi connectivity index (χ0) is 23.2. The fourth-order valence-corrected chi connectivity index (χ4v) is 4.09. The normalized spacial score (nSPS) is 15.6. The lowest BCUT2D eigenvalue weighted by molar-refractivity contribution is -0.126. The van der Waals surface area contributed by atoms with Gasteiger partial charge in [0.1, 0.15) is 12.4 Å². The van der Waals surface area contributed by atoms with E-state index in [4.69, 9.17) is 4.74 Å². The van der Waals surface area contributed by atoms with Crippen LogP contribution in [0.4, 0.5) is 5.69 Å². The number of ether oxygens (including phenoxy) is 1. The monoisotopic (exact) mass is 442 g/mol. The molecule has 2 unspecified atom stereocenters. The molecule has 0 spiro atoms. The summed E-state index contributed by atoms with van der Waals surface area (Å²) in [7, 11) is 0. The van der Waals surface area contributed by atoms with Crippen molar-refractivity contribution in [3.05, 3.63) is 95.1 Å². The largest absolute Gasteiger partial charge is 0.492 e. The maximum Gasteiger partial charge on any atom is 0.255 e. The fraction of sp³-hybridized carbons (Fsp3) is 0.286. The molecule has 0 aliphatic carbocycles. The Hall–Kier alpha value is -3.60. The second-order valence-corrected chi connectivity index (χ2v) is 8.79. The van der Waals surface area contributed by atoms with E-state index in [2.05, 4.69) is 22.8 Å². The smallest absolute Gasteiger partial charge is 0.255 e. The Kier molecular flexibility index (Phi) is 7.08. The lowest BCUT2D eigenvalue weighted by atomic mass is 9.95. The quantitative estimate of drug-likeness (QED) is 0.545. The number of fused-ring (bicyclic) bond motifs is 1. The van der Waals surface area contributed by atoms with Crippen LogP contribution in [-0.2, 0) is 17.6 Å². The number of anilines is 1. The van der Waals surface area contributed by atoms with Gasteiger partial charge in [0.15, 0.2) is 0 Å².